The maximum absolute atomic E-state index is 9.41. The summed E-state index contributed by atoms with van der Waals surface area (Å²) in [6.07, 6.45) is 8.32. The SMILES string of the molecule is C=C(C)[C@H]1CC[C@@]2(OO)C=CC[C@H](C)[C@@]2(C)C1. The van der Waals surface area contributed by atoms with Crippen molar-refractivity contribution in [3.05, 3.63) is 24.3 Å². The van der Waals surface area contributed by atoms with Gasteiger partial charge in [-0.05, 0) is 44.4 Å². The van der Waals surface area contributed by atoms with E-state index in [4.69, 9.17) is 4.89 Å². The average Bonchev–Trinajstić information content (AvgIpc) is 2.30. The fourth-order valence-corrected chi connectivity index (χ4v) is 3.68. The molecular formula is C15H24O2. The molecule has 1 N–H and O–H groups in total. The van der Waals surface area contributed by atoms with E-state index in [1.54, 1.807) is 0 Å². The van der Waals surface area contributed by atoms with Crippen LogP contribution in [-0.2, 0) is 4.89 Å². The Bertz CT molecular complexity index is 347. The third-order valence-corrected chi connectivity index (χ3v) is 5.33. The van der Waals surface area contributed by atoms with E-state index < -0.39 is 5.60 Å². The zero-order chi connectivity index (χ0) is 12.7. The normalized spacial score (nSPS) is 45.4. The van der Waals surface area contributed by atoms with Gasteiger partial charge in [-0.3, -0.25) is 5.26 Å². The lowest BCUT2D eigenvalue weighted by atomic mass is 9.53. The van der Waals surface area contributed by atoms with Gasteiger partial charge in [0.1, 0.15) is 5.60 Å². The molecule has 2 rings (SSSR count). The highest BCUT2D eigenvalue weighted by Gasteiger charge is 2.56. The molecule has 0 saturated heterocycles. The minimum absolute atomic E-state index is 0.0123. The molecule has 96 valence electrons. The molecule has 0 amide bonds. The lowest BCUT2D eigenvalue weighted by molar-refractivity contribution is -0.352. The summed E-state index contributed by atoms with van der Waals surface area (Å²) in [5, 5.41) is 9.41. The van der Waals surface area contributed by atoms with E-state index >= 15 is 0 Å². The summed E-state index contributed by atoms with van der Waals surface area (Å²) in [6, 6.07) is 0. The first-order chi connectivity index (χ1) is 7.95. The molecule has 0 heterocycles. The van der Waals surface area contributed by atoms with E-state index in [0.29, 0.717) is 11.8 Å². The van der Waals surface area contributed by atoms with Crippen LogP contribution in [0.1, 0.15) is 46.5 Å². The number of hydrogen-bond donors (Lipinski definition) is 1. The summed E-state index contributed by atoms with van der Waals surface area (Å²) in [6.45, 7) is 10.7. The monoisotopic (exact) mass is 236 g/mol. The molecule has 0 radical (unpaired) electrons. The van der Waals surface area contributed by atoms with Crippen molar-refractivity contribution in [1.29, 1.82) is 0 Å². The smallest absolute Gasteiger partial charge is 0.127 e. The van der Waals surface area contributed by atoms with Crippen LogP contribution in [0.3, 0.4) is 0 Å². The topological polar surface area (TPSA) is 29.5 Å². The summed E-state index contributed by atoms with van der Waals surface area (Å²) in [7, 11) is 0. The minimum Gasteiger partial charge on any atom is -0.251 e. The van der Waals surface area contributed by atoms with E-state index in [1.165, 1.54) is 5.57 Å². The van der Waals surface area contributed by atoms with Crippen LogP contribution in [0.4, 0.5) is 0 Å². The Labute approximate surface area is 104 Å². The maximum atomic E-state index is 9.41. The van der Waals surface area contributed by atoms with Gasteiger partial charge >= 0.3 is 0 Å². The zero-order valence-corrected chi connectivity index (χ0v) is 11.2. The Kier molecular flexibility index (Phi) is 3.21. The molecule has 1 fully saturated rings. The highest BCUT2D eigenvalue weighted by Crippen LogP contribution is 2.57. The minimum atomic E-state index is -0.476. The largest absolute Gasteiger partial charge is 0.251 e. The van der Waals surface area contributed by atoms with Gasteiger partial charge in [0.25, 0.3) is 0 Å². The average molecular weight is 236 g/mol. The summed E-state index contributed by atoms with van der Waals surface area (Å²) < 4.78 is 0. The van der Waals surface area contributed by atoms with Crippen molar-refractivity contribution in [3.63, 3.8) is 0 Å². The van der Waals surface area contributed by atoms with E-state index in [9.17, 15) is 5.26 Å². The van der Waals surface area contributed by atoms with E-state index in [0.717, 1.165) is 25.7 Å². The van der Waals surface area contributed by atoms with Gasteiger partial charge in [-0.15, -0.1) is 0 Å². The second-order valence-electron chi connectivity index (χ2n) is 6.22. The molecule has 0 spiro atoms. The van der Waals surface area contributed by atoms with Crippen LogP contribution in [0.25, 0.3) is 0 Å². The number of fused-ring (bicyclic) bond motifs is 1. The number of hydrogen-bond acceptors (Lipinski definition) is 2. The second kappa shape index (κ2) is 4.25. The van der Waals surface area contributed by atoms with Gasteiger partial charge in [-0.25, -0.2) is 4.89 Å². The predicted molar refractivity (Wildman–Crippen MR) is 69.6 cm³/mol. The molecule has 1 saturated carbocycles. The quantitative estimate of drug-likeness (QED) is 0.442. The molecule has 2 heteroatoms. The Balaban J connectivity index is 2.36. The van der Waals surface area contributed by atoms with Crippen molar-refractivity contribution in [3.8, 4) is 0 Å². The molecule has 0 aromatic heterocycles. The lowest BCUT2D eigenvalue weighted by Gasteiger charge is -2.55. The van der Waals surface area contributed by atoms with Crippen molar-refractivity contribution in [2.75, 3.05) is 0 Å². The van der Waals surface area contributed by atoms with Crippen LogP contribution in [0.2, 0.25) is 0 Å². The van der Waals surface area contributed by atoms with Gasteiger partial charge in [0.2, 0.25) is 0 Å². The predicted octanol–water partition coefficient (Wildman–Crippen LogP) is 4.19. The standard InChI is InChI=1S/C15H24O2/c1-11(2)13-7-9-15(17-16)8-5-6-12(3)14(15,4)10-13/h5,8,12-13,16H,1,6-7,9-10H2,2-4H3/t12-,13-,14+,15-/m0/s1. The van der Waals surface area contributed by atoms with Crippen molar-refractivity contribution in [2.45, 2.75) is 52.1 Å². The molecular weight excluding hydrogens is 212 g/mol. The van der Waals surface area contributed by atoms with Gasteiger partial charge in [0, 0.05) is 5.41 Å². The highest BCUT2D eigenvalue weighted by atomic mass is 17.1. The first-order valence-corrected chi connectivity index (χ1v) is 6.61. The fraction of sp³-hybridized carbons (Fsp3) is 0.733. The van der Waals surface area contributed by atoms with Crippen molar-refractivity contribution >= 4 is 0 Å². The molecule has 0 aromatic rings. The third kappa shape index (κ3) is 1.78. The van der Waals surface area contributed by atoms with Gasteiger partial charge in [0.05, 0.1) is 0 Å². The summed E-state index contributed by atoms with van der Waals surface area (Å²) in [5.74, 6) is 1.10. The van der Waals surface area contributed by atoms with E-state index in [2.05, 4.69) is 39.5 Å². The Morgan fingerprint density at radius 3 is 2.82 bits per heavy atom. The molecule has 2 aliphatic carbocycles. The molecule has 0 unspecified atom stereocenters. The van der Waals surface area contributed by atoms with Crippen molar-refractivity contribution in [1.82, 2.24) is 0 Å². The van der Waals surface area contributed by atoms with Crippen molar-refractivity contribution in [2.24, 2.45) is 17.3 Å². The summed E-state index contributed by atoms with van der Waals surface area (Å²) in [5.41, 5.74) is 0.800. The van der Waals surface area contributed by atoms with Gasteiger partial charge in [-0.2, -0.15) is 0 Å². The molecule has 0 aliphatic heterocycles. The Morgan fingerprint density at radius 2 is 2.24 bits per heavy atom. The Morgan fingerprint density at radius 1 is 1.53 bits per heavy atom. The van der Waals surface area contributed by atoms with Crippen LogP contribution >= 0.6 is 0 Å². The molecule has 4 atom stereocenters. The van der Waals surface area contributed by atoms with Gasteiger partial charge < -0.3 is 0 Å². The Hall–Kier alpha value is -0.600. The van der Waals surface area contributed by atoms with Gasteiger partial charge in [0.15, 0.2) is 0 Å². The van der Waals surface area contributed by atoms with Crippen LogP contribution in [0.15, 0.2) is 24.3 Å². The van der Waals surface area contributed by atoms with Crippen LogP contribution in [-0.4, -0.2) is 10.9 Å². The number of rotatable bonds is 2. The highest BCUT2D eigenvalue weighted by molar-refractivity contribution is 5.21. The van der Waals surface area contributed by atoms with E-state index in [1.807, 2.05) is 0 Å². The first kappa shape index (κ1) is 12.8. The second-order valence-corrected chi connectivity index (χ2v) is 6.22. The molecule has 0 bridgehead atoms. The molecule has 17 heavy (non-hydrogen) atoms. The lowest BCUT2D eigenvalue weighted by Crippen LogP contribution is -2.55. The zero-order valence-electron chi connectivity index (χ0n) is 11.2. The van der Waals surface area contributed by atoms with Crippen molar-refractivity contribution < 1.29 is 10.1 Å². The van der Waals surface area contributed by atoms with Crippen LogP contribution < -0.4 is 0 Å². The maximum Gasteiger partial charge on any atom is 0.127 e. The molecule has 2 aliphatic rings. The molecule has 0 aromatic carbocycles. The van der Waals surface area contributed by atoms with E-state index in [-0.39, 0.29) is 5.41 Å². The first-order valence-electron chi connectivity index (χ1n) is 6.61. The number of allylic oxidation sites excluding steroid dienone is 2. The van der Waals surface area contributed by atoms with Crippen LogP contribution in [0, 0.1) is 17.3 Å². The summed E-state index contributed by atoms with van der Waals surface area (Å²) >= 11 is 0. The third-order valence-electron chi connectivity index (χ3n) is 5.33. The summed E-state index contributed by atoms with van der Waals surface area (Å²) in [4.78, 5) is 4.97. The fourth-order valence-electron chi connectivity index (χ4n) is 3.68. The van der Waals surface area contributed by atoms with Crippen LogP contribution in [0.5, 0.6) is 0 Å². The van der Waals surface area contributed by atoms with Gasteiger partial charge in [-0.1, -0.05) is 38.2 Å². The molecule has 2 nitrogen and oxygen atoms in total.